The first-order chi connectivity index (χ1) is 13.5. The molecule has 0 bridgehead atoms. The molecular formula is C19H18FN3O4S. The largest absolute Gasteiger partial charge is 0.493 e. The molecular weight excluding hydrogens is 385 g/mol. The number of methoxy groups -OCH3 is 3. The summed E-state index contributed by atoms with van der Waals surface area (Å²) in [5, 5.41) is 3.31. The number of rotatable bonds is 7. The number of anilines is 3. The van der Waals surface area contributed by atoms with Crippen LogP contribution in [0, 0.1) is 5.82 Å². The number of carbonyl (C=O) groups excluding carboxylic acids is 1. The Morgan fingerprint density at radius 1 is 1.11 bits per heavy atom. The quantitative estimate of drug-likeness (QED) is 0.578. The average Bonchev–Trinajstić information content (AvgIpc) is 3.05. The van der Waals surface area contributed by atoms with Crippen LogP contribution in [-0.2, 0) is 0 Å². The molecule has 3 aromatic rings. The van der Waals surface area contributed by atoms with Crippen molar-refractivity contribution in [1.29, 1.82) is 0 Å². The molecule has 0 spiro atoms. The van der Waals surface area contributed by atoms with Crippen LogP contribution in [0.4, 0.5) is 21.0 Å². The molecule has 1 heterocycles. The lowest BCUT2D eigenvalue weighted by Crippen LogP contribution is -2.06. The van der Waals surface area contributed by atoms with Crippen molar-refractivity contribution in [2.24, 2.45) is 0 Å². The second kappa shape index (κ2) is 8.13. The molecule has 2 aromatic carbocycles. The molecule has 7 nitrogen and oxygen atoms in total. The van der Waals surface area contributed by atoms with Crippen molar-refractivity contribution in [1.82, 2.24) is 4.98 Å². The molecule has 146 valence electrons. The maximum Gasteiger partial charge on any atom is 0.210 e. The van der Waals surface area contributed by atoms with E-state index in [1.807, 2.05) is 0 Å². The number of nitrogens with one attached hydrogen (secondary N) is 1. The van der Waals surface area contributed by atoms with E-state index < -0.39 is 0 Å². The Labute approximate surface area is 164 Å². The van der Waals surface area contributed by atoms with Gasteiger partial charge in [-0.05, 0) is 30.3 Å². The van der Waals surface area contributed by atoms with Crippen molar-refractivity contribution < 1.29 is 23.4 Å². The van der Waals surface area contributed by atoms with Gasteiger partial charge in [0, 0.05) is 5.69 Å². The van der Waals surface area contributed by atoms with Gasteiger partial charge in [0.1, 0.15) is 16.5 Å². The van der Waals surface area contributed by atoms with E-state index in [0.29, 0.717) is 22.3 Å². The fraction of sp³-hybridized carbons (Fsp3) is 0.158. The van der Waals surface area contributed by atoms with Crippen LogP contribution in [0.15, 0.2) is 36.4 Å². The molecule has 0 unspecified atom stereocenters. The lowest BCUT2D eigenvalue weighted by Gasteiger charge is -2.14. The van der Waals surface area contributed by atoms with Gasteiger partial charge in [-0.3, -0.25) is 4.79 Å². The first kappa shape index (κ1) is 19.4. The van der Waals surface area contributed by atoms with Crippen molar-refractivity contribution in [3.8, 4) is 17.2 Å². The minimum atomic E-state index is -0.388. The van der Waals surface area contributed by atoms with Gasteiger partial charge < -0.3 is 25.3 Å². The normalized spacial score (nSPS) is 10.4. The molecule has 0 aliphatic carbocycles. The zero-order chi connectivity index (χ0) is 20.3. The second-order valence-corrected chi connectivity index (χ2v) is 6.58. The Morgan fingerprint density at radius 2 is 1.86 bits per heavy atom. The van der Waals surface area contributed by atoms with Crippen molar-refractivity contribution in [3.05, 3.63) is 52.7 Å². The zero-order valence-electron chi connectivity index (χ0n) is 15.4. The molecule has 28 heavy (non-hydrogen) atoms. The maximum absolute atomic E-state index is 13.3. The minimum absolute atomic E-state index is 0.0609. The van der Waals surface area contributed by atoms with Gasteiger partial charge in [-0.15, -0.1) is 0 Å². The smallest absolute Gasteiger partial charge is 0.210 e. The molecule has 0 fully saturated rings. The highest BCUT2D eigenvalue weighted by Crippen LogP contribution is 2.41. The number of nitrogens with zero attached hydrogens (tertiary/aromatic N) is 1. The molecule has 0 aliphatic heterocycles. The van der Waals surface area contributed by atoms with Crippen molar-refractivity contribution >= 4 is 33.8 Å². The van der Waals surface area contributed by atoms with Crippen LogP contribution < -0.4 is 25.3 Å². The van der Waals surface area contributed by atoms with E-state index in [1.165, 1.54) is 33.5 Å². The third kappa shape index (κ3) is 3.70. The number of nitrogens with two attached hydrogens (primary N) is 1. The Hall–Kier alpha value is -3.33. The van der Waals surface area contributed by atoms with Crippen LogP contribution in [0.25, 0.3) is 0 Å². The monoisotopic (exact) mass is 403 g/mol. The highest BCUT2D eigenvalue weighted by molar-refractivity contribution is 7.18. The van der Waals surface area contributed by atoms with Crippen LogP contribution >= 0.6 is 11.3 Å². The van der Waals surface area contributed by atoms with E-state index in [1.54, 1.807) is 24.3 Å². The van der Waals surface area contributed by atoms with E-state index in [9.17, 15) is 9.18 Å². The summed E-state index contributed by atoms with van der Waals surface area (Å²) in [6.07, 6.45) is 0. The third-order valence-corrected chi connectivity index (χ3v) is 4.87. The number of carbonyl (C=O) groups is 1. The Morgan fingerprint density at radius 3 is 2.50 bits per heavy atom. The van der Waals surface area contributed by atoms with Gasteiger partial charge in [0.15, 0.2) is 16.6 Å². The lowest BCUT2D eigenvalue weighted by molar-refractivity contribution is 0.103. The highest BCUT2D eigenvalue weighted by atomic mass is 32.1. The number of halogens is 1. The van der Waals surface area contributed by atoms with Gasteiger partial charge in [-0.2, -0.15) is 0 Å². The van der Waals surface area contributed by atoms with Crippen LogP contribution in [0.5, 0.6) is 17.2 Å². The second-order valence-electron chi connectivity index (χ2n) is 5.58. The lowest BCUT2D eigenvalue weighted by atomic mass is 10.1. The number of thiazole rings is 1. The van der Waals surface area contributed by atoms with Gasteiger partial charge in [0.05, 0.1) is 26.9 Å². The number of hydrogen-bond donors (Lipinski definition) is 2. The molecule has 1 aromatic heterocycles. The number of benzene rings is 2. The fourth-order valence-electron chi connectivity index (χ4n) is 2.64. The number of hydrogen-bond acceptors (Lipinski definition) is 8. The number of nitrogen functional groups attached to an aromatic ring is 1. The Balaban J connectivity index is 1.96. The topological polar surface area (TPSA) is 95.7 Å². The van der Waals surface area contributed by atoms with E-state index in [-0.39, 0.29) is 33.6 Å². The summed E-state index contributed by atoms with van der Waals surface area (Å²) < 4.78 is 29.3. The molecule has 0 saturated heterocycles. The SMILES string of the molecule is COc1ccc(C(=O)c2sc(Nc3cccc(F)c3)nc2N)c(OC)c1OC. The standard InChI is InChI=1S/C19H18FN3O4S/c1-25-13-8-7-12(15(26-2)16(13)27-3)14(24)17-18(21)23-19(28-17)22-11-6-4-5-10(20)9-11/h4-9H,21H2,1-3H3,(H,22,23). The van der Waals surface area contributed by atoms with Crippen LogP contribution in [0.3, 0.4) is 0 Å². The molecule has 3 rings (SSSR count). The van der Waals surface area contributed by atoms with Crippen LogP contribution in [-0.4, -0.2) is 32.1 Å². The summed E-state index contributed by atoms with van der Waals surface area (Å²) in [5.74, 6) is 0.268. The minimum Gasteiger partial charge on any atom is -0.493 e. The van der Waals surface area contributed by atoms with E-state index >= 15 is 0 Å². The number of ketones is 1. The molecule has 0 radical (unpaired) electrons. The van der Waals surface area contributed by atoms with Gasteiger partial charge >= 0.3 is 0 Å². The molecule has 0 atom stereocenters. The summed E-state index contributed by atoms with van der Waals surface area (Å²) in [7, 11) is 4.38. The maximum atomic E-state index is 13.3. The summed E-state index contributed by atoms with van der Waals surface area (Å²) in [6, 6.07) is 9.07. The van der Waals surface area contributed by atoms with E-state index in [2.05, 4.69) is 10.3 Å². The highest BCUT2D eigenvalue weighted by Gasteiger charge is 2.25. The van der Waals surface area contributed by atoms with Gasteiger partial charge in [0.2, 0.25) is 11.5 Å². The molecule has 0 saturated carbocycles. The van der Waals surface area contributed by atoms with Crippen LogP contribution in [0.1, 0.15) is 15.2 Å². The van der Waals surface area contributed by atoms with Crippen molar-refractivity contribution in [3.63, 3.8) is 0 Å². The summed E-state index contributed by atoms with van der Waals surface area (Å²) >= 11 is 1.06. The van der Waals surface area contributed by atoms with E-state index in [0.717, 1.165) is 11.3 Å². The third-order valence-electron chi connectivity index (χ3n) is 3.88. The Kier molecular flexibility index (Phi) is 5.65. The predicted molar refractivity (Wildman–Crippen MR) is 106 cm³/mol. The van der Waals surface area contributed by atoms with Gasteiger partial charge in [-0.1, -0.05) is 17.4 Å². The zero-order valence-corrected chi connectivity index (χ0v) is 16.2. The first-order valence-corrected chi connectivity index (χ1v) is 8.92. The van der Waals surface area contributed by atoms with E-state index in [4.69, 9.17) is 19.9 Å². The summed E-state index contributed by atoms with van der Waals surface area (Å²) in [4.78, 5) is 17.4. The molecule has 3 N–H and O–H groups in total. The fourth-order valence-corrected chi connectivity index (χ4v) is 3.50. The number of ether oxygens (including phenoxy) is 3. The van der Waals surface area contributed by atoms with Gasteiger partial charge in [-0.25, -0.2) is 9.37 Å². The summed E-state index contributed by atoms with van der Waals surface area (Å²) in [5.41, 5.74) is 6.70. The predicted octanol–water partition coefficient (Wildman–Crippen LogP) is 3.86. The van der Waals surface area contributed by atoms with Gasteiger partial charge in [0.25, 0.3) is 0 Å². The first-order valence-electron chi connectivity index (χ1n) is 8.11. The van der Waals surface area contributed by atoms with Crippen molar-refractivity contribution in [2.45, 2.75) is 0 Å². The average molecular weight is 403 g/mol. The summed E-state index contributed by atoms with van der Waals surface area (Å²) in [6.45, 7) is 0. The number of aromatic nitrogens is 1. The van der Waals surface area contributed by atoms with Crippen LogP contribution in [0.2, 0.25) is 0 Å². The molecule has 0 amide bonds. The molecule has 9 heteroatoms. The molecule has 0 aliphatic rings. The Bertz CT molecular complexity index is 1020. The van der Waals surface area contributed by atoms with Crippen molar-refractivity contribution in [2.75, 3.05) is 32.4 Å².